The van der Waals surface area contributed by atoms with Gasteiger partial charge in [0.2, 0.25) is 0 Å². The molecule has 0 N–H and O–H groups in total. The molecule has 0 spiro atoms. The summed E-state index contributed by atoms with van der Waals surface area (Å²) in [6.07, 6.45) is 0.706. The van der Waals surface area contributed by atoms with Gasteiger partial charge >= 0.3 is 31.3 Å². The maximum absolute atomic E-state index is 12.6. The first-order valence-electron chi connectivity index (χ1n) is 7.47. The van der Waals surface area contributed by atoms with Gasteiger partial charge in [0.1, 0.15) is 11.5 Å². The zero-order valence-corrected chi connectivity index (χ0v) is 15.3. The quantitative estimate of drug-likeness (QED) is 0.392. The van der Waals surface area contributed by atoms with Crippen LogP contribution in [0.2, 0.25) is 0 Å². The summed E-state index contributed by atoms with van der Waals surface area (Å²) in [4.78, 5) is 1.56. The number of alkyl halides is 6. The van der Waals surface area contributed by atoms with Crippen LogP contribution in [0, 0.1) is 0 Å². The number of rotatable bonds is 4. The van der Waals surface area contributed by atoms with Crippen molar-refractivity contribution in [3.63, 3.8) is 0 Å². The summed E-state index contributed by atoms with van der Waals surface area (Å²) >= 11 is 0. The molecule has 3 rings (SSSR count). The molecule has 1 saturated heterocycles. The zero-order chi connectivity index (χ0) is 21.3. The van der Waals surface area contributed by atoms with Gasteiger partial charge in [-0.15, -0.1) is 0 Å². The van der Waals surface area contributed by atoms with Gasteiger partial charge in [-0.1, -0.05) is 0 Å². The molecule has 1 aromatic carbocycles. The Kier molecular flexibility index (Phi) is 4.59. The molecule has 2 aliphatic heterocycles. The van der Waals surface area contributed by atoms with E-state index in [0.29, 0.717) is 25.0 Å². The van der Waals surface area contributed by atoms with E-state index < -0.39 is 54.8 Å². The van der Waals surface area contributed by atoms with Crippen molar-refractivity contribution in [1.29, 1.82) is 0 Å². The Hall–Kier alpha value is -1.74. The van der Waals surface area contributed by atoms with Crippen LogP contribution in [0.3, 0.4) is 0 Å². The van der Waals surface area contributed by atoms with Gasteiger partial charge in [0, 0.05) is 23.2 Å². The van der Waals surface area contributed by atoms with Crippen molar-refractivity contribution in [3.05, 3.63) is 23.3 Å². The molecule has 0 saturated carbocycles. The Morgan fingerprint density at radius 1 is 0.821 bits per heavy atom. The molecule has 2 aliphatic rings. The number of nitrogens with zero attached hydrogens (tertiary/aromatic N) is 1. The highest BCUT2D eigenvalue weighted by atomic mass is 32.2. The Bertz CT molecular complexity index is 936. The third kappa shape index (κ3) is 3.18. The number of halogens is 6. The van der Waals surface area contributed by atoms with E-state index in [4.69, 9.17) is 0 Å². The van der Waals surface area contributed by atoms with Gasteiger partial charge in [0.05, 0.1) is 0 Å². The van der Waals surface area contributed by atoms with E-state index in [2.05, 4.69) is 8.37 Å². The van der Waals surface area contributed by atoms with Crippen molar-refractivity contribution in [2.24, 2.45) is 0 Å². The van der Waals surface area contributed by atoms with Crippen molar-refractivity contribution in [3.8, 4) is 11.5 Å². The standard InChI is InChI=1S/C13H11F6NO6S2/c1-20-6-2-3-7(20)11-9(26-28(23,24)13(17,18)19)5-4-8(10(6)11)25-27(21,22)12(14,15)16/h4-7H,2-3H2,1H3. The molecule has 2 atom stereocenters. The van der Waals surface area contributed by atoms with Crippen LogP contribution in [0.15, 0.2) is 12.1 Å². The fourth-order valence-corrected chi connectivity index (χ4v) is 4.35. The monoisotopic (exact) mass is 455 g/mol. The van der Waals surface area contributed by atoms with Gasteiger partial charge in [0.25, 0.3) is 0 Å². The number of benzene rings is 1. The normalized spacial score (nSPS) is 23.0. The first-order chi connectivity index (χ1) is 12.6. The molecule has 0 aliphatic carbocycles. The van der Waals surface area contributed by atoms with Crippen LogP contribution < -0.4 is 8.37 Å². The van der Waals surface area contributed by atoms with Crippen LogP contribution in [-0.4, -0.2) is 39.8 Å². The highest BCUT2D eigenvalue weighted by Gasteiger charge is 2.53. The molecule has 2 bridgehead atoms. The van der Waals surface area contributed by atoms with Gasteiger partial charge in [-0.3, -0.25) is 4.90 Å². The van der Waals surface area contributed by atoms with Crippen LogP contribution in [0.5, 0.6) is 11.5 Å². The van der Waals surface area contributed by atoms with E-state index >= 15 is 0 Å². The predicted molar refractivity (Wildman–Crippen MR) is 80.1 cm³/mol. The van der Waals surface area contributed by atoms with Gasteiger partial charge < -0.3 is 8.37 Å². The van der Waals surface area contributed by atoms with E-state index in [1.807, 2.05) is 0 Å². The van der Waals surface area contributed by atoms with E-state index in [0.717, 1.165) is 0 Å². The molecule has 7 nitrogen and oxygen atoms in total. The SMILES string of the molecule is CN1C2CCC1c1c(OS(=O)(=O)C(F)(F)F)ccc(OS(=O)(=O)C(F)(F)F)c12. The first kappa shape index (κ1) is 21.0. The zero-order valence-electron chi connectivity index (χ0n) is 13.7. The summed E-state index contributed by atoms with van der Waals surface area (Å²) in [6.45, 7) is 0. The second-order valence-electron chi connectivity index (χ2n) is 6.13. The summed E-state index contributed by atoms with van der Waals surface area (Å²) in [5, 5.41) is 0. The smallest absolute Gasteiger partial charge is 0.376 e. The van der Waals surface area contributed by atoms with Crippen molar-refractivity contribution in [1.82, 2.24) is 4.90 Å². The minimum Gasteiger partial charge on any atom is -0.376 e. The molecule has 0 amide bonds. The van der Waals surface area contributed by atoms with Gasteiger partial charge in [-0.25, -0.2) is 0 Å². The Labute approximate surface area is 155 Å². The lowest BCUT2D eigenvalue weighted by molar-refractivity contribution is -0.0506. The molecule has 2 heterocycles. The fourth-order valence-electron chi connectivity index (χ4n) is 3.40. The minimum absolute atomic E-state index is 0.151. The van der Waals surface area contributed by atoms with Crippen LogP contribution in [0.25, 0.3) is 0 Å². The Morgan fingerprint density at radius 2 is 1.14 bits per heavy atom. The molecule has 2 unspecified atom stereocenters. The van der Waals surface area contributed by atoms with Gasteiger partial charge in [0.15, 0.2) is 0 Å². The third-order valence-corrected chi connectivity index (χ3v) is 6.47. The lowest BCUT2D eigenvalue weighted by Crippen LogP contribution is -2.29. The number of hydrogen-bond acceptors (Lipinski definition) is 7. The van der Waals surface area contributed by atoms with Crippen LogP contribution >= 0.6 is 0 Å². The fraction of sp³-hybridized carbons (Fsp3) is 0.538. The third-order valence-electron chi connectivity index (χ3n) is 4.54. The molecule has 1 fully saturated rings. The summed E-state index contributed by atoms with van der Waals surface area (Å²) in [5.41, 5.74) is -11.8. The lowest BCUT2D eigenvalue weighted by Gasteiger charge is -2.21. The van der Waals surface area contributed by atoms with Gasteiger partial charge in [-0.2, -0.15) is 43.2 Å². The molecule has 28 heavy (non-hydrogen) atoms. The van der Waals surface area contributed by atoms with Crippen LogP contribution in [0.4, 0.5) is 26.3 Å². The first-order valence-corrected chi connectivity index (χ1v) is 10.3. The second-order valence-corrected chi connectivity index (χ2v) is 9.21. The molecular weight excluding hydrogens is 444 g/mol. The summed E-state index contributed by atoms with van der Waals surface area (Å²) in [6, 6.07) is -0.0679. The molecule has 15 heteroatoms. The van der Waals surface area contributed by atoms with Crippen molar-refractivity contribution in [2.45, 2.75) is 35.9 Å². The molecule has 158 valence electrons. The van der Waals surface area contributed by atoms with Crippen LogP contribution in [-0.2, 0) is 20.2 Å². The number of hydrogen-bond donors (Lipinski definition) is 0. The maximum Gasteiger partial charge on any atom is 0.534 e. The maximum atomic E-state index is 12.6. The molecule has 0 radical (unpaired) electrons. The van der Waals surface area contributed by atoms with Crippen LogP contribution in [0.1, 0.15) is 36.1 Å². The summed E-state index contributed by atoms with van der Waals surface area (Å²) < 4.78 is 129. The van der Waals surface area contributed by atoms with E-state index in [9.17, 15) is 43.2 Å². The molecule has 1 aromatic rings. The molecular formula is C13H11F6NO6S2. The van der Waals surface area contributed by atoms with Gasteiger partial charge in [-0.05, 0) is 32.0 Å². The highest BCUT2D eigenvalue weighted by molar-refractivity contribution is 7.88. The second kappa shape index (κ2) is 6.13. The molecule has 0 aromatic heterocycles. The van der Waals surface area contributed by atoms with E-state index in [1.54, 1.807) is 4.90 Å². The average molecular weight is 455 g/mol. The largest absolute Gasteiger partial charge is 0.534 e. The number of fused-ring (bicyclic) bond motifs is 5. The summed E-state index contributed by atoms with van der Waals surface area (Å²) in [7, 11) is -10.6. The minimum atomic E-state index is -6.04. The van der Waals surface area contributed by atoms with E-state index in [1.165, 1.54) is 7.05 Å². The predicted octanol–water partition coefficient (Wildman–Crippen LogP) is 2.96. The Morgan fingerprint density at radius 3 is 1.43 bits per heavy atom. The highest BCUT2D eigenvalue weighted by Crippen LogP contribution is 2.58. The van der Waals surface area contributed by atoms with Crippen molar-refractivity contribution < 1.29 is 51.5 Å². The topological polar surface area (TPSA) is 90.0 Å². The van der Waals surface area contributed by atoms with E-state index in [-0.39, 0.29) is 11.1 Å². The average Bonchev–Trinajstić information content (AvgIpc) is 3.01. The van der Waals surface area contributed by atoms with Crippen molar-refractivity contribution in [2.75, 3.05) is 7.05 Å². The summed E-state index contributed by atoms with van der Waals surface area (Å²) in [5.74, 6) is -1.49. The Balaban J connectivity index is 2.12. The lowest BCUT2D eigenvalue weighted by atomic mass is 9.90. The van der Waals surface area contributed by atoms with Crippen molar-refractivity contribution >= 4 is 20.2 Å².